The third-order valence-corrected chi connectivity index (χ3v) is 4.00. The molecule has 0 aromatic rings. The van der Waals surface area contributed by atoms with Crippen LogP contribution in [0.1, 0.15) is 32.6 Å². The second-order valence-corrected chi connectivity index (χ2v) is 5.28. The quantitative estimate of drug-likeness (QED) is 0.784. The van der Waals surface area contributed by atoms with Gasteiger partial charge >= 0.3 is 0 Å². The van der Waals surface area contributed by atoms with Gasteiger partial charge in [-0.3, -0.25) is 4.79 Å². The number of carbonyl (C=O) groups excluding carboxylic acids is 1. The van der Waals surface area contributed by atoms with Crippen LogP contribution in [0.4, 0.5) is 0 Å². The third-order valence-electron chi connectivity index (χ3n) is 4.00. The second kappa shape index (κ2) is 6.36. The van der Waals surface area contributed by atoms with E-state index >= 15 is 0 Å². The molecule has 4 heteroatoms. The van der Waals surface area contributed by atoms with E-state index in [0.29, 0.717) is 6.04 Å². The Kier molecular flexibility index (Phi) is 4.80. The van der Waals surface area contributed by atoms with E-state index in [0.717, 1.165) is 32.5 Å². The number of amides is 1. The van der Waals surface area contributed by atoms with Crippen LogP contribution in [0.15, 0.2) is 0 Å². The number of piperidine rings is 1. The predicted octanol–water partition coefficient (Wildman–Crippen LogP) is 0.683. The van der Waals surface area contributed by atoms with Gasteiger partial charge in [-0.1, -0.05) is 0 Å². The zero-order valence-corrected chi connectivity index (χ0v) is 11.0. The van der Waals surface area contributed by atoms with Crippen molar-refractivity contribution < 1.29 is 4.79 Å². The number of carbonyl (C=O) groups is 1. The average Bonchev–Trinajstić information content (AvgIpc) is 2.83. The summed E-state index contributed by atoms with van der Waals surface area (Å²) in [5.74, 6) is 0.223. The van der Waals surface area contributed by atoms with E-state index < -0.39 is 0 Å². The first-order valence-electron chi connectivity index (χ1n) is 6.97. The molecule has 0 atom stereocenters. The molecule has 0 bridgehead atoms. The number of nitrogens with one attached hydrogen (secondary N) is 1. The molecule has 2 aliphatic rings. The molecule has 2 heterocycles. The summed E-state index contributed by atoms with van der Waals surface area (Å²) in [6.07, 6.45) is 4.97. The minimum atomic E-state index is 0.223. The number of nitrogens with zero attached hydrogens (tertiary/aromatic N) is 2. The van der Waals surface area contributed by atoms with Crippen LogP contribution in [-0.4, -0.2) is 61.0 Å². The number of hydrogen-bond acceptors (Lipinski definition) is 3. The van der Waals surface area contributed by atoms with E-state index in [1.165, 1.54) is 32.5 Å². The minimum absolute atomic E-state index is 0.223. The van der Waals surface area contributed by atoms with E-state index in [-0.39, 0.29) is 5.91 Å². The lowest BCUT2D eigenvalue weighted by atomic mass is 10.1. The molecular formula is C13H25N3O. The molecule has 0 spiro atoms. The molecule has 2 aliphatic heterocycles. The first-order chi connectivity index (χ1) is 8.25. The molecule has 98 valence electrons. The molecule has 0 unspecified atom stereocenters. The second-order valence-electron chi connectivity index (χ2n) is 5.28. The Hall–Kier alpha value is -0.610. The highest BCUT2D eigenvalue weighted by molar-refractivity contribution is 5.73. The van der Waals surface area contributed by atoms with Gasteiger partial charge in [0.2, 0.25) is 5.91 Å². The SMILES string of the molecule is CC(=O)N1CCC(NCCN2CCCC2)CC1. The Balaban J connectivity index is 1.56. The summed E-state index contributed by atoms with van der Waals surface area (Å²) in [4.78, 5) is 15.7. The van der Waals surface area contributed by atoms with Gasteiger partial charge in [0.25, 0.3) is 0 Å². The van der Waals surface area contributed by atoms with Gasteiger partial charge in [0, 0.05) is 39.1 Å². The Bertz CT molecular complexity index is 243. The molecule has 0 aromatic carbocycles. The van der Waals surface area contributed by atoms with E-state index in [2.05, 4.69) is 10.2 Å². The Labute approximate surface area is 104 Å². The van der Waals surface area contributed by atoms with Gasteiger partial charge in [0.15, 0.2) is 0 Å². The van der Waals surface area contributed by atoms with E-state index in [1.807, 2.05) is 4.90 Å². The Morgan fingerprint density at radius 3 is 2.41 bits per heavy atom. The van der Waals surface area contributed by atoms with Crippen LogP contribution >= 0.6 is 0 Å². The summed E-state index contributed by atoms with van der Waals surface area (Å²) >= 11 is 0. The standard InChI is InChI=1S/C13H25N3O/c1-12(17)16-9-4-13(5-10-16)14-6-11-15-7-2-3-8-15/h13-14H,2-11H2,1H3. The maximum Gasteiger partial charge on any atom is 0.219 e. The molecule has 1 N–H and O–H groups in total. The van der Waals surface area contributed by atoms with E-state index in [4.69, 9.17) is 0 Å². The van der Waals surface area contributed by atoms with Crippen LogP contribution in [0.5, 0.6) is 0 Å². The van der Waals surface area contributed by atoms with Crippen LogP contribution in [-0.2, 0) is 4.79 Å². The lowest BCUT2D eigenvalue weighted by molar-refractivity contribution is -0.129. The molecule has 1 amide bonds. The van der Waals surface area contributed by atoms with Crippen LogP contribution in [0.2, 0.25) is 0 Å². The zero-order chi connectivity index (χ0) is 12.1. The van der Waals surface area contributed by atoms with Crippen molar-refractivity contribution in [2.24, 2.45) is 0 Å². The Morgan fingerprint density at radius 1 is 1.18 bits per heavy atom. The van der Waals surface area contributed by atoms with Gasteiger partial charge in [-0.25, -0.2) is 0 Å². The maximum atomic E-state index is 11.2. The van der Waals surface area contributed by atoms with Crippen LogP contribution in [0, 0.1) is 0 Å². The van der Waals surface area contributed by atoms with Crippen molar-refractivity contribution in [1.29, 1.82) is 0 Å². The van der Waals surface area contributed by atoms with Crippen molar-refractivity contribution in [2.45, 2.75) is 38.6 Å². The maximum absolute atomic E-state index is 11.2. The minimum Gasteiger partial charge on any atom is -0.343 e. The molecule has 2 fully saturated rings. The summed E-state index contributed by atoms with van der Waals surface area (Å²) in [5.41, 5.74) is 0. The summed E-state index contributed by atoms with van der Waals surface area (Å²) in [6.45, 7) is 8.38. The monoisotopic (exact) mass is 239 g/mol. The molecule has 0 aromatic heterocycles. The first-order valence-corrected chi connectivity index (χ1v) is 6.97. The number of likely N-dealkylation sites (tertiary alicyclic amines) is 2. The van der Waals surface area contributed by atoms with Crippen molar-refractivity contribution in [2.75, 3.05) is 39.3 Å². The van der Waals surface area contributed by atoms with Gasteiger partial charge in [0.1, 0.15) is 0 Å². The van der Waals surface area contributed by atoms with Crippen molar-refractivity contribution in [3.63, 3.8) is 0 Å². The van der Waals surface area contributed by atoms with Crippen LogP contribution in [0.3, 0.4) is 0 Å². The van der Waals surface area contributed by atoms with Crippen LogP contribution < -0.4 is 5.32 Å². The zero-order valence-electron chi connectivity index (χ0n) is 11.0. The number of rotatable bonds is 4. The fourth-order valence-electron chi connectivity index (χ4n) is 2.83. The average molecular weight is 239 g/mol. The van der Waals surface area contributed by atoms with Crippen molar-refractivity contribution >= 4 is 5.91 Å². The highest BCUT2D eigenvalue weighted by atomic mass is 16.2. The molecule has 2 rings (SSSR count). The van der Waals surface area contributed by atoms with E-state index in [1.54, 1.807) is 6.92 Å². The van der Waals surface area contributed by atoms with E-state index in [9.17, 15) is 4.79 Å². The van der Waals surface area contributed by atoms with Gasteiger partial charge in [-0.15, -0.1) is 0 Å². The topological polar surface area (TPSA) is 35.6 Å². The molecule has 0 saturated carbocycles. The largest absolute Gasteiger partial charge is 0.343 e. The normalized spacial score (nSPS) is 23.2. The lowest BCUT2D eigenvalue weighted by Crippen LogP contribution is -2.45. The number of hydrogen-bond donors (Lipinski definition) is 1. The highest BCUT2D eigenvalue weighted by Gasteiger charge is 2.20. The summed E-state index contributed by atoms with van der Waals surface area (Å²) in [6, 6.07) is 0.619. The first kappa shape index (κ1) is 12.8. The smallest absolute Gasteiger partial charge is 0.219 e. The van der Waals surface area contributed by atoms with Crippen molar-refractivity contribution in [1.82, 2.24) is 15.1 Å². The molecule has 4 nitrogen and oxygen atoms in total. The lowest BCUT2D eigenvalue weighted by Gasteiger charge is -2.32. The summed E-state index contributed by atoms with van der Waals surface area (Å²) in [5, 5.41) is 3.63. The predicted molar refractivity (Wildman–Crippen MR) is 69.0 cm³/mol. The van der Waals surface area contributed by atoms with Gasteiger partial charge in [-0.2, -0.15) is 0 Å². The molecule has 0 radical (unpaired) electrons. The molecule has 17 heavy (non-hydrogen) atoms. The molecular weight excluding hydrogens is 214 g/mol. The molecule has 0 aliphatic carbocycles. The Morgan fingerprint density at radius 2 is 1.82 bits per heavy atom. The fraction of sp³-hybridized carbons (Fsp3) is 0.923. The summed E-state index contributed by atoms with van der Waals surface area (Å²) in [7, 11) is 0. The van der Waals surface area contributed by atoms with Gasteiger partial charge in [-0.05, 0) is 38.8 Å². The summed E-state index contributed by atoms with van der Waals surface area (Å²) < 4.78 is 0. The highest BCUT2D eigenvalue weighted by Crippen LogP contribution is 2.10. The third kappa shape index (κ3) is 3.96. The molecule has 2 saturated heterocycles. The van der Waals surface area contributed by atoms with Gasteiger partial charge in [0.05, 0.1) is 0 Å². The fourth-order valence-corrected chi connectivity index (χ4v) is 2.83. The van der Waals surface area contributed by atoms with Crippen molar-refractivity contribution in [3.05, 3.63) is 0 Å². The van der Waals surface area contributed by atoms with Crippen LogP contribution in [0.25, 0.3) is 0 Å². The van der Waals surface area contributed by atoms with Gasteiger partial charge < -0.3 is 15.1 Å². The van der Waals surface area contributed by atoms with Crippen molar-refractivity contribution in [3.8, 4) is 0 Å².